The normalized spacial score (nSPS) is 30.6. The van der Waals surface area contributed by atoms with E-state index in [9.17, 15) is 5.11 Å². The molecule has 5 nitrogen and oxygen atoms in total. The molecular weight excluding hydrogens is 204 g/mol. The Kier molecular flexibility index (Phi) is 2.67. The minimum absolute atomic E-state index is 0.136. The van der Waals surface area contributed by atoms with Crippen LogP contribution in [0.25, 0.3) is 0 Å². The number of fused-ring (bicyclic) bond motifs is 1. The summed E-state index contributed by atoms with van der Waals surface area (Å²) in [6, 6.07) is 0.314. The summed E-state index contributed by atoms with van der Waals surface area (Å²) in [6.07, 6.45) is 4.68. The van der Waals surface area contributed by atoms with Crippen molar-refractivity contribution >= 4 is 0 Å². The summed E-state index contributed by atoms with van der Waals surface area (Å²) in [5, 5.41) is 13.0. The second kappa shape index (κ2) is 4.16. The molecule has 16 heavy (non-hydrogen) atoms. The minimum atomic E-state index is -0.136. The number of β-amino-alcohol motifs (C(OH)–C–C–N with tert-alkyl or cyclic N) is 1. The molecule has 0 amide bonds. The molecule has 0 bridgehead atoms. The van der Waals surface area contributed by atoms with Gasteiger partial charge in [0.1, 0.15) is 5.82 Å². The first-order valence-corrected chi connectivity index (χ1v) is 5.98. The highest BCUT2D eigenvalue weighted by atomic mass is 16.3. The number of aliphatic hydroxyl groups excluding tert-OH is 1. The maximum absolute atomic E-state index is 9.50. The summed E-state index contributed by atoms with van der Waals surface area (Å²) >= 11 is 0. The van der Waals surface area contributed by atoms with Gasteiger partial charge in [-0.15, -0.1) is 0 Å². The topological polar surface area (TPSA) is 53.3 Å². The van der Waals surface area contributed by atoms with Crippen LogP contribution in [0.1, 0.15) is 18.3 Å². The summed E-state index contributed by atoms with van der Waals surface area (Å²) in [4.78, 5) is 6.72. The van der Waals surface area contributed by atoms with Crippen molar-refractivity contribution in [3.63, 3.8) is 0 Å². The first kappa shape index (κ1) is 10.3. The lowest BCUT2D eigenvalue weighted by Gasteiger charge is -2.28. The first-order valence-electron chi connectivity index (χ1n) is 5.98. The van der Waals surface area contributed by atoms with Crippen molar-refractivity contribution < 1.29 is 5.11 Å². The van der Waals surface area contributed by atoms with E-state index in [2.05, 4.69) is 19.8 Å². The Balaban J connectivity index is 1.68. The Morgan fingerprint density at radius 2 is 2.44 bits per heavy atom. The van der Waals surface area contributed by atoms with Crippen molar-refractivity contribution in [2.45, 2.75) is 25.1 Å². The van der Waals surface area contributed by atoms with E-state index < -0.39 is 0 Å². The summed E-state index contributed by atoms with van der Waals surface area (Å²) < 4.78 is 2.22. The summed E-state index contributed by atoms with van der Waals surface area (Å²) in [7, 11) is 0. The quantitative estimate of drug-likeness (QED) is 0.714. The molecule has 1 unspecified atom stereocenters. The third-order valence-electron chi connectivity index (χ3n) is 3.49. The van der Waals surface area contributed by atoms with Crippen molar-refractivity contribution in [1.29, 1.82) is 0 Å². The van der Waals surface area contributed by atoms with E-state index in [-0.39, 0.29) is 6.10 Å². The van der Waals surface area contributed by atoms with Crippen LogP contribution in [0, 0.1) is 0 Å². The predicted octanol–water partition coefficient (Wildman–Crippen LogP) is -0.406. The van der Waals surface area contributed by atoms with Gasteiger partial charge in [-0.25, -0.2) is 4.98 Å². The molecule has 2 N–H and O–H groups in total. The van der Waals surface area contributed by atoms with Crippen molar-refractivity contribution in [3.8, 4) is 0 Å². The molecule has 0 saturated carbocycles. The molecular formula is C11H18N4O. The van der Waals surface area contributed by atoms with E-state index in [1.807, 2.05) is 12.4 Å². The zero-order valence-electron chi connectivity index (χ0n) is 9.34. The van der Waals surface area contributed by atoms with Crippen LogP contribution in [0.4, 0.5) is 0 Å². The van der Waals surface area contributed by atoms with Gasteiger partial charge in [0, 0.05) is 45.1 Å². The molecule has 88 valence electrons. The van der Waals surface area contributed by atoms with Gasteiger partial charge in [0.15, 0.2) is 0 Å². The molecule has 2 aliphatic rings. The zero-order chi connectivity index (χ0) is 11.0. The second-order valence-corrected chi connectivity index (χ2v) is 4.69. The van der Waals surface area contributed by atoms with Crippen LogP contribution in [0.3, 0.4) is 0 Å². The highest BCUT2D eigenvalue weighted by Crippen LogP contribution is 2.19. The molecule has 1 saturated heterocycles. The number of nitrogens with one attached hydrogen (secondary N) is 1. The van der Waals surface area contributed by atoms with E-state index in [0.717, 1.165) is 45.0 Å². The lowest BCUT2D eigenvalue weighted by Crippen LogP contribution is -2.40. The van der Waals surface area contributed by atoms with Crippen molar-refractivity contribution in [3.05, 3.63) is 18.2 Å². The molecule has 2 atom stereocenters. The molecule has 0 radical (unpaired) electrons. The van der Waals surface area contributed by atoms with Crippen molar-refractivity contribution in [2.24, 2.45) is 0 Å². The van der Waals surface area contributed by atoms with Crippen LogP contribution in [-0.2, 0) is 6.54 Å². The largest absolute Gasteiger partial charge is 0.392 e. The molecule has 1 aromatic rings. The van der Waals surface area contributed by atoms with Gasteiger partial charge in [-0.3, -0.25) is 4.90 Å². The number of hydrogen-bond acceptors (Lipinski definition) is 4. The summed E-state index contributed by atoms with van der Waals surface area (Å²) in [5.74, 6) is 1.13. The monoisotopic (exact) mass is 222 g/mol. The van der Waals surface area contributed by atoms with E-state index in [4.69, 9.17) is 0 Å². The van der Waals surface area contributed by atoms with Crippen LogP contribution in [-0.4, -0.2) is 51.8 Å². The number of aromatic nitrogens is 2. The minimum Gasteiger partial charge on any atom is -0.392 e. The average Bonchev–Trinajstić information content (AvgIpc) is 2.87. The Morgan fingerprint density at radius 3 is 3.25 bits per heavy atom. The average molecular weight is 222 g/mol. The molecule has 1 fully saturated rings. The van der Waals surface area contributed by atoms with Gasteiger partial charge in [-0.2, -0.15) is 0 Å². The lowest BCUT2D eigenvalue weighted by atomic mass is 10.2. The molecule has 2 aliphatic heterocycles. The highest BCUT2D eigenvalue weighted by Gasteiger charge is 2.27. The summed E-state index contributed by atoms with van der Waals surface area (Å²) in [5.41, 5.74) is 0. The zero-order valence-corrected chi connectivity index (χ0v) is 9.34. The Hall–Kier alpha value is -0.910. The molecule has 3 heterocycles. The molecule has 0 aromatic carbocycles. The number of aliphatic hydroxyl groups is 1. The van der Waals surface area contributed by atoms with Crippen LogP contribution in [0.2, 0.25) is 0 Å². The fourth-order valence-electron chi connectivity index (χ4n) is 2.65. The molecule has 3 rings (SSSR count). The fourth-order valence-corrected chi connectivity index (χ4v) is 2.65. The van der Waals surface area contributed by atoms with Gasteiger partial charge < -0.3 is 15.0 Å². The van der Waals surface area contributed by atoms with Crippen molar-refractivity contribution in [1.82, 2.24) is 19.8 Å². The third-order valence-corrected chi connectivity index (χ3v) is 3.49. The van der Waals surface area contributed by atoms with E-state index in [0.29, 0.717) is 6.04 Å². The standard InChI is InChI=1S/C11H18N4O/c16-9-1-4-14(7-9)8-10-11-13-3-6-15(11)5-2-12-10/h3,6,9-10,12,16H,1-2,4-5,7-8H2/t9-,10?/m0/s1. The number of likely N-dealkylation sites (tertiary alicyclic amines) is 1. The van der Waals surface area contributed by atoms with Gasteiger partial charge in [-0.1, -0.05) is 0 Å². The van der Waals surface area contributed by atoms with Gasteiger partial charge >= 0.3 is 0 Å². The predicted molar refractivity (Wildman–Crippen MR) is 60.0 cm³/mol. The number of imidazole rings is 1. The van der Waals surface area contributed by atoms with Gasteiger partial charge in [0.25, 0.3) is 0 Å². The SMILES string of the molecule is O[C@H]1CCN(CC2NCCn3ccnc32)C1. The maximum Gasteiger partial charge on any atom is 0.127 e. The second-order valence-electron chi connectivity index (χ2n) is 4.69. The maximum atomic E-state index is 9.50. The lowest BCUT2D eigenvalue weighted by molar-refractivity contribution is 0.170. The van der Waals surface area contributed by atoms with Crippen LogP contribution < -0.4 is 5.32 Å². The molecule has 0 spiro atoms. The Bertz CT molecular complexity index is 365. The molecule has 1 aromatic heterocycles. The van der Waals surface area contributed by atoms with E-state index in [1.54, 1.807) is 0 Å². The van der Waals surface area contributed by atoms with Gasteiger partial charge in [0.05, 0.1) is 12.1 Å². The van der Waals surface area contributed by atoms with Gasteiger partial charge in [0.2, 0.25) is 0 Å². The van der Waals surface area contributed by atoms with Gasteiger partial charge in [-0.05, 0) is 6.42 Å². The smallest absolute Gasteiger partial charge is 0.127 e. The number of nitrogens with zero attached hydrogens (tertiary/aromatic N) is 3. The first-order chi connectivity index (χ1) is 7.83. The van der Waals surface area contributed by atoms with Crippen LogP contribution in [0.5, 0.6) is 0 Å². The van der Waals surface area contributed by atoms with Crippen molar-refractivity contribution in [2.75, 3.05) is 26.2 Å². The Morgan fingerprint density at radius 1 is 1.50 bits per heavy atom. The van der Waals surface area contributed by atoms with E-state index in [1.165, 1.54) is 0 Å². The number of hydrogen-bond donors (Lipinski definition) is 2. The fraction of sp³-hybridized carbons (Fsp3) is 0.727. The Labute approximate surface area is 95.1 Å². The summed E-state index contributed by atoms with van der Waals surface area (Å²) in [6.45, 7) is 4.77. The van der Waals surface area contributed by atoms with Crippen LogP contribution in [0.15, 0.2) is 12.4 Å². The van der Waals surface area contributed by atoms with Crippen LogP contribution >= 0.6 is 0 Å². The van der Waals surface area contributed by atoms with E-state index >= 15 is 0 Å². The molecule has 0 aliphatic carbocycles. The highest BCUT2D eigenvalue weighted by molar-refractivity contribution is 5.03. The molecule has 5 heteroatoms. The number of rotatable bonds is 2. The third kappa shape index (κ3) is 1.86.